The molecule has 1 fully saturated rings. The summed E-state index contributed by atoms with van der Waals surface area (Å²) in [4.78, 5) is 12.1. The maximum Gasteiger partial charge on any atom is 0.235 e. The number of anilines is 1. The summed E-state index contributed by atoms with van der Waals surface area (Å²) in [5.74, 6) is 1.28. The van der Waals surface area contributed by atoms with Crippen molar-refractivity contribution in [3.63, 3.8) is 0 Å². The zero-order valence-corrected chi connectivity index (χ0v) is 11.6. The van der Waals surface area contributed by atoms with Crippen molar-refractivity contribution < 1.29 is 4.79 Å². The zero-order valence-electron chi connectivity index (χ0n) is 10.7. The number of nitrogens with two attached hydrogens (primary N) is 1. The van der Waals surface area contributed by atoms with Crippen molar-refractivity contribution in [2.45, 2.75) is 30.9 Å². The monoisotopic (exact) mass is 264 g/mol. The summed E-state index contributed by atoms with van der Waals surface area (Å²) in [5.41, 5.74) is 7.61. The van der Waals surface area contributed by atoms with Crippen LogP contribution in [0.5, 0.6) is 0 Å². The molecule has 3 N–H and O–H groups in total. The Kier molecular flexibility index (Phi) is 4.17. The van der Waals surface area contributed by atoms with Gasteiger partial charge in [0.15, 0.2) is 0 Å². The predicted molar refractivity (Wildman–Crippen MR) is 77.7 cm³/mol. The minimum Gasteiger partial charge on any atom is -0.399 e. The molecule has 1 atom stereocenters. The van der Waals surface area contributed by atoms with Crippen LogP contribution in [0.2, 0.25) is 0 Å². The van der Waals surface area contributed by atoms with Gasteiger partial charge in [-0.25, -0.2) is 0 Å². The fourth-order valence-corrected chi connectivity index (χ4v) is 3.38. The van der Waals surface area contributed by atoms with E-state index in [0.717, 1.165) is 30.7 Å². The molecule has 0 bridgehead atoms. The van der Waals surface area contributed by atoms with Crippen molar-refractivity contribution in [3.05, 3.63) is 29.8 Å². The number of nitrogen functional groups attached to an aromatic ring is 1. The Labute approximate surface area is 113 Å². The first-order valence-corrected chi connectivity index (χ1v) is 7.35. The third kappa shape index (κ3) is 3.19. The van der Waals surface area contributed by atoms with Crippen LogP contribution in [0.15, 0.2) is 24.3 Å². The van der Waals surface area contributed by atoms with Gasteiger partial charge in [0.05, 0.1) is 4.75 Å². The van der Waals surface area contributed by atoms with Gasteiger partial charge in [-0.3, -0.25) is 4.79 Å². The highest BCUT2D eigenvalue weighted by Gasteiger charge is 2.36. The van der Waals surface area contributed by atoms with Gasteiger partial charge in [0.1, 0.15) is 0 Å². The number of carbonyl (C=O) groups excluding carboxylic acids is 1. The Morgan fingerprint density at radius 2 is 2.17 bits per heavy atom. The van der Waals surface area contributed by atoms with Gasteiger partial charge in [0.2, 0.25) is 5.91 Å². The number of amides is 1. The van der Waals surface area contributed by atoms with Crippen molar-refractivity contribution in [3.8, 4) is 0 Å². The molecular formula is C14H20N2OS. The SMILES string of the molecule is CC1(C(=O)NCCc2ccc(N)cc2)CCCS1. The Morgan fingerprint density at radius 1 is 1.44 bits per heavy atom. The van der Waals surface area contributed by atoms with E-state index in [2.05, 4.69) is 5.32 Å². The molecule has 2 rings (SSSR count). The molecule has 1 aliphatic rings. The van der Waals surface area contributed by atoms with Gasteiger partial charge in [0.25, 0.3) is 0 Å². The molecule has 1 heterocycles. The number of nitrogens with one attached hydrogen (secondary N) is 1. The van der Waals surface area contributed by atoms with Crippen LogP contribution in [-0.4, -0.2) is 23.0 Å². The maximum absolute atomic E-state index is 12.1. The smallest absolute Gasteiger partial charge is 0.235 e. The molecule has 1 aromatic carbocycles. The Morgan fingerprint density at radius 3 is 2.78 bits per heavy atom. The average Bonchev–Trinajstić information content (AvgIpc) is 2.80. The summed E-state index contributed by atoms with van der Waals surface area (Å²) in [5, 5.41) is 3.04. The molecule has 0 aromatic heterocycles. The van der Waals surface area contributed by atoms with Gasteiger partial charge in [-0.1, -0.05) is 12.1 Å². The lowest BCUT2D eigenvalue weighted by Gasteiger charge is -2.21. The third-order valence-corrected chi connectivity index (χ3v) is 4.90. The van der Waals surface area contributed by atoms with E-state index in [0.29, 0.717) is 6.54 Å². The van der Waals surface area contributed by atoms with Gasteiger partial charge in [-0.15, -0.1) is 11.8 Å². The highest BCUT2D eigenvalue weighted by atomic mass is 32.2. The molecule has 4 heteroatoms. The van der Waals surface area contributed by atoms with Gasteiger partial charge in [-0.2, -0.15) is 0 Å². The molecule has 3 nitrogen and oxygen atoms in total. The summed E-state index contributed by atoms with van der Waals surface area (Å²) in [7, 11) is 0. The van der Waals surface area contributed by atoms with E-state index < -0.39 is 0 Å². The Hall–Kier alpha value is -1.16. The zero-order chi connectivity index (χ0) is 13.0. The van der Waals surface area contributed by atoms with Crippen LogP contribution >= 0.6 is 11.8 Å². The first-order chi connectivity index (χ1) is 8.60. The summed E-state index contributed by atoms with van der Waals surface area (Å²) < 4.78 is -0.207. The summed E-state index contributed by atoms with van der Waals surface area (Å²) in [6.45, 7) is 2.74. The molecule has 18 heavy (non-hydrogen) atoms. The van der Waals surface area contributed by atoms with E-state index in [1.54, 1.807) is 11.8 Å². The van der Waals surface area contributed by atoms with Crippen LogP contribution in [0.25, 0.3) is 0 Å². The van der Waals surface area contributed by atoms with Crippen LogP contribution in [0, 0.1) is 0 Å². The third-order valence-electron chi connectivity index (χ3n) is 3.38. The van der Waals surface area contributed by atoms with Crippen LogP contribution in [-0.2, 0) is 11.2 Å². The Bertz CT molecular complexity index is 410. The van der Waals surface area contributed by atoms with Crippen LogP contribution in [0.4, 0.5) is 5.69 Å². The standard InChI is InChI=1S/C14H20N2OS/c1-14(8-2-10-18-14)13(17)16-9-7-11-3-5-12(15)6-4-11/h3-6H,2,7-10,15H2,1H3,(H,16,17). The molecule has 1 aromatic rings. The van der Waals surface area contributed by atoms with E-state index >= 15 is 0 Å². The van der Waals surface area contributed by atoms with Gasteiger partial charge in [0, 0.05) is 12.2 Å². The Balaban J connectivity index is 1.78. The molecular weight excluding hydrogens is 244 g/mol. The fourth-order valence-electron chi connectivity index (χ4n) is 2.15. The van der Waals surface area contributed by atoms with Crippen molar-refractivity contribution in [2.75, 3.05) is 18.0 Å². The first-order valence-electron chi connectivity index (χ1n) is 6.37. The van der Waals surface area contributed by atoms with E-state index in [4.69, 9.17) is 5.73 Å². The summed E-state index contributed by atoms with van der Waals surface area (Å²) >= 11 is 1.77. The number of benzene rings is 1. The topological polar surface area (TPSA) is 55.1 Å². The number of thioether (sulfide) groups is 1. The van der Waals surface area contributed by atoms with E-state index in [9.17, 15) is 4.79 Å². The van der Waals surface area contributed by atoms with Crippen molar-refractivity contribution in [1.82, 2.24) is 5.32 Å². The van der Waals surface area contributed by atoms with E-state index in [1.807, 2.05) is 31.2 Å². The van der Waals surface area contributed by atoms with E-state index in [1.165, 1.54) is 5.56 Å². The number of hydrogen-bond acceptors (Lipinski definition) is 3. The lowest BCUT2D eigenvalue weighted by Crippen LogP contribution is -2.41. The van der Waals surface area contributed by atoms with Crippen molar-refractivity contribution >= 4 is 23.4 Å². The average molecular weight is 264 g/mol. The van der Waals surface area contributed by atoms with Crippen molar-refractivity contribution in [1.29, 1.82) is 0 Å². The normalized spacial score (nSPS) is 22.9. The molecule has 0 spiro atoms. The van der Waals surface area contributed by atoms with E-state index in [-0.39, 0.29) is 10.7 Å². The number of hydrogen-bond donors (Lipinski definition) is 2. The molecule has 1 unspecified atom stereocenters. The second-order valence-corrected chi connectivity index (χ2v) is 6.53. The molecule has 1 amide bonds. The largest absolute Gasteiger partial charge is 0.399 e. The van der Waals surface area contributed by atoms with Gasteiger partial charge >= 0.3 is 0 Å². The van der Waals surface area contributed by atoms with Crippen molar-refractivity contribution in [2.24, 2.45) is 0 Å². The lowest BCUT2D eigenvalue weighted by molar-refractivity contribution is -0.123. The maximum atomic E-state index is 12.1. The quantitative estimate of drug-likeness (QED) is 0.820. The van der Waals surface area contributed by atoms with Gasteiger partial charge in [-0.05, 0) is 49.6 Å². The molecule has 0 saturated carbocycles. The van der Waals surface area contributed by atoms with Crippen LogP contribution in [0.1, 0.15) is 25.3 Å². The second kappa shape index (κ2) is 5.65. The van der Waals surface area contributed by atoms with Gasteiger partial charge < -0.3 is 11.1 Å². The highest BCUT2D eigenvalue weighted by molar-refractivity contribution is 8.01. The first kappa shape index (κ1) is 13.3. The highest BCUT2D eigenvalue weighted by Crippen LogP contribution is 2.37. The van der Waals surface area contributed by atoms with Crippen LogP contribution in [0.3, 0.4) is 0 Å². The summed E-state index contributed by atoms with van der Waals surface area (Å²) in [6.07, 6.45) is 2.99. The van der Waals surface area contributed by atoms with Crippen LogP contribution < -0.4 is 11.1 Å². The number of rotatable bonds is 4. The fraction of sp³-hybridized carbons (Fsp3) is 0.500. The minimum absolute atomic E-state index is 0.181. The minimum atomic E-state index is -0.207. The molecule has 1 saturated heterocycles. The summed E-state index contributed by atoms with van der Waals surface area (Å²) in [6, 6.07) is 7.80. The molecule has 0 aliphatic carbocycles. The lowest BCUT2D eigenvalue weighted by atomic mass is 10.0. The molecule has 1 aliphatic heterocycles. The molecule has 0 radical (unpaired) electrons. The predicted octanol–water partition coefficient (Wildman–Crippen LogP) is 2.21. The second-order valence-electron chi connectivity index (χ2n) is 4.93. The number of carbonyl (C=O) groups is 1. The molecule has 98 valence electrons.